The minimum atomic E-state index is -0.531. The van der Waals surface area contributed by atoms with Crippen molar-refractivity contribution in [1.82, 2.24) is 4.57 Å². The van der Waals surface area contributed by atoms with Gasteiger partial charge < -0.3 is 14.0 Å². The van der Waals surface area contributed by atoms with Crippen LogP contribution in [0.4, 0.5) is 5.69 Å². The van der Waals surface area contributed by atoms with Crippen LogP contribution in [-0.4, -0.2) is 35.6 Å². The number of ketones is 1. The smallest absolute Gasteiger partial charge is 0.310 e. The van der Waals surface area contributed by atoms with Crippen molar-refractivity contribution >= 4 is 11.5 Å². The first-order valence-corrected chi connectivity index (χ1v) is 7.50. The van der Waals surface area contributed by atoms with Crippen molar-refractivity contribution in [3.05, 3.63) is 57.4 Å². The molecule has 1 aromatic heterocycles. The lowest BCUT2D eigenvalue weighted by Gasteiger charge is -2.09. The summed E-state index contributed by atoms with van der Waals surface area (Å²) < 4.78 is 12.4. The quantitative estimate of drug-likeness (QED) is 0.421. The zero-order valence-electron chi connectivity index (χ0n) is 13.9. The van der Waals surface area contributed by atoms with Crippen molar-refractivity contribution < 1.29 is 19.2 Å². The topological polar surface area (TPSA) is 83.6 Å². The third kappa shape index (κ3) is 3.80. The second-order valence-electron chi connectivity index (χ2n) is 5.37. The van der Waals surface area contributed by atoms with Crippen LogP contribution in [0.25, 0.3) is 0 Å². The van der Waals surface area contributed by atoms with Crippen molar-refractivity contribution in [3.8, 4) is 5.75 Å². The molecule has 0 aliphatic heterocycles. The summed E-state index contributed by atoms with van der Waals surface area (Å²) in [6, 6.07) is 7.81. The molecule has 0 saturated heterocycles. The molecule has 0 saturated carbocycles. The van der Waals surface area contributed by atoms with Crippen LogP contribution in [0.3, 0.4) is 0 Å². The molecular formula is C17H20N2O5. The Hall–Kier alpha value is -2.67. The van der Waals surface area contributed by atoms with E-state index in [0.29, 0.717) is 18.7 Å². The van der Waals surface area contributed by atoms with E-state index in [-0.39, 0.29) is 23.8 Å². The van der Waals surface area contributed by atoms with Crippen LogP contribution < -0.4 is 4.74 Å². The number of Topliss-reactive ketones (excluding diaryl/α,β-unsaturated/α-hetero) is 1. The Bertz CT molecular complexity index is 751. The molecule has 0 unspecified atom stereocenters. The van der Waals surface area contributed by atoms with Gasteiger partial charge in [0.15, 0.2) is 12.4 Å². The van der Waals surface area contributed by atoms with Crippen LogP contribution in [0.2, 0.25) is 0 Å². The van der Waals surface area contributed by atoms with Gasteiger partial charge in [-0.2, -0.15) is 0 Å². The van der Waals surface area contributed by atoms with E-state index in [1.165, 1.54) is 12.1 Å². The number of rotatable bonds is 8. The summed E-state index contributed by atoms with van der Waals surface area (Å²) in [6.45, 7) is 4.74. The molecule has 0 fully saturated rings. The van der Waals surface area contributed by atoms with Gasteiger partial charge >= 0.3 is 5.69 Å². The molecule has 0 radical (unpaired) electrons. The van der Waals surface area contributed by atoms with Crippen molar-refractivity contribution in [3.63, 3.8) is 0 Å². The first-order valence-electron chi connectivity index (χ1n) is 7.50. The molecule has 1 heterocycles. The fourth-order valence-corrected chi connectivity index (χ4v) is 2.56. The molecular weight excluding hydrogens is 312 g/mol. The monoisotopic (exact) mass is 332 g/mol. The molecule has 7 nitrogen and oxygen atoms in total. The van der Waals surface area contributed by atoms with Gasteiger partial charge in [0.2, 0.25) is 5.78 Å². The molecule has 24 heavy (non-hydrogen) atoms. The van der Waals surface area contributed by atoms with Crippen molar-refractivity contribution in [2.75, 3.05) is 20.3 Å². The summed E-state index contributed by atoms with van der Waals surface area (Å²) in [5.74, 6) is -0.131. The van der Waals surface area contributed by atoms with Gasteiger partial charge in [0, 0.05) is 36.7 Å². The normalized spacial score (nSPS) is 10.6. The van der Waals surface area contributed by atoms with Gasteiger partial charge in [-0.1, -0.05) is 12.1 Å². The van der Waals surface area contributed by atoms with E-state index in [1.54, 1.807) is 25.3 Å². The minimum absolute atomic E-state index is 0.0871. The summed E-state index contributed by atoms with van der Waals surface area (Å²) in [7, 11) is 1.63. The average Bonchev–Trinajstić information content (AvgIpc) is 2.85. The molecule has 0 amide bonds. The number of methoxy groups -OCH3 is 1. The SMILES string of the molecule is COCCn1c(C)cc(C(=O)COc2ccccc2[N+](=O)[O-])c1C. The highest BCUT2D eigenvalue weighted by Crippen LogP contribution is 2.26. The minimum Gasteiger partial charge on any atom is -0.478 e. The molecule has 0 spiro atoms. The van der Waals surface area contributed by atoms with Crippen LogP contribution in [0.5, 0.6) is 5.75 Å². The number of hydrogen-bond acceptors (Lipinski definition) is 5. The van der Waals surface area contributed by atoms with Crippen molar-refractivity contribution in [2.45, 2.75) is 20.4 Å². The Morgan fingerprint density at radius 2 is 2.00 bits per heavy atom. The largest absolute Gasteiger partial charge is 0.478 e. The lowest BCUT2D eigenvalue weighted by molar-refractivity contribution is -0.385. The zero-order chi connectivity index (χ0) is 17.7. The highest BCUT2D eigenvalue weighted by molar-refractivity contribution is 5.98. The zero-order valence-corrected chi connectivity index (χ0v) is 13.9. The van der Waals surface area contributed by atoms with Crippen LogP contribution in [0.15, 0.2) is 30.3 Å². The third-order valence-corrected chi connectivity index (χ3v) is 3.81. The average molecular weight is 332 g/mol. The van der Waals surface area contributed by atoms with Crippen molar-refractivity contribution in [2.24, 2.45) is 0 Å². The van der Waals surface area contributed by atoms with E-state index in [0.717, 1.165) is 11.4 Å². The highest BCUT2D eigenvalue weighted by atomic mass is 16.6. The Morgan fingerprint density at radius 3 is 2.67 bits per heavy atom. The van der Waals surface area contributed by atoms with E-state index in [1.807, 2.05) is 18.4 Å². The van der Waals surface area contributed by atoms with Crippen LogP contribution in [0.1, 0.15) is 21.7 Å². The highest BCUT2D eigenvalue weighted by Gasteiger charge is 2.19. The van der Waals surface area contributed by atoms with E-state index in [2.05, 4.69) is 0 Å². The Kier molecular flexibility index (Phi) is 5.70. The number of ether oxygens (including phenoxy) is 2. The first-order chi connectivity index (χ1) is 11.5. The number of hydrogen-bond donors (Lipinski definition) is 0. The second kappa shape index (κ2) is 7.74. The summed E-state index contributed by atoms with van der Waals surface area (Å²) in [5.41, 5.74) is 2.19. The molecule has 0 bridgehead atoms. The fraction of sp³-hybridized carbons (Fsp3) is 0.353. The standard InChI is InChI=1S/C17H20N2O5/c1-12-10-14(13(2)18(12)8-9-23-3)16(20)11-24-17-7-5-4-6-15(17)19(21)22/h4-7,10H,8-9,11H2,1-3H3. The summed E-state index contributed by atoms with van der Waals surface area (Å²) in [6.07, 6.45) is 0. The Balaban J connectivity index is 2.13. The molecule has 128 valence electrons. The Labute approximate surface area is 140 Å². The number of para-hydroxylation sites is 2. The van der Waals surface area contributed by atoms with Gasteiger partial charge in [0.25, 0.3) is 0 Å². The van der Waals surface area contributed by atoms with Gasteiger partial charge in [-0.3, -0.25) is 14.9 Å². The third-order valence-electron chi connectivity index (χ3n) is 3.81. The molecule has 0 atom stereocenters. The van der Waals surface area contributed by atoms with Gasteiger partial charge in [-0.25, -0.2) is 0 Å². The molecule has 1 aromatic carbocycles. The maximum Gasteiger partial charge on any atom is 0.310 e. The summed E-state index contributed by atoms with van der Waals surface area (Å²) in [5, 5.41) is 11.0. The van der Waals surface area contributed by atoms with Gasteiger partial charge in [0.05, 0.1) is 11.5 Å². The second-order valence-corrected chi connectivity index (χ2v) is 5.37. The number of carbonyl (C=O) groups is 1. The van der Waals surface area contributed by atoms with Crippen LogP contribution in [0, 0.1) is 24.0 Å². The molecule has 0 aliphatic rings. The maximum absolute atomic E-state index is 12.4. The van der Waals surface area contributed by atoms with Gasteiger partial charge in [-0.15, -0.1) is 0 Å². The van der Waals surface area contributed by atoms with E-state index < -0.39 is 4.92 Å². The van der Waals surface area contributed by atoms with E-state index in [4.69, 9.17) is 9.47 Å². The number of carbonyl (C=O) groups excluding carboxylic acids is 1. The van der Waals surface area contributed by atoms with Crippen molar-refractivity contribution in [1.29, 1.82) is 0 Å². The van der Waals surface area contributed by atoms with Gasteiger partial charge in [0.1, 0.15) is 0 Å². The molecule has 7 heteroatoms. The predicted octanol–water partition coefficient (Wildman–Crippen LogP) is 2.92. The molecule has 2 rings (SSSR count). The lowest BCUT2D eigenvalue weighted by atomic mass is 10.1. The summed E-state index contributed by atoms with van der Waals surface area (Å²) in [4.78, 5) is 22.9. The van der Waals surface area contributed by atoms with E-state index in [9.17, 15) is 14.9 Å². The number of nitro groups is 1. The molecule has 0 aliphatic carbocycles. The lowest BCUT2D eigenvalue weighted by Crippen LogP contribution is -2.14. The number of nitrogens with zero attached hydrogens (tertiary/aromatic N) is 2. The molecule has 2 aromatic rings. The number of aromatic nitrogens is 1. The first kappa shape index (κ1) is 17.7. The fourth-order valence-electron chi connectivity index (χ4n) is 2.56. The number of nitro benzene ring substituents is 1. The van der Waals surface area contributed by atoms with E-state index >= 15 is 0 Å². The Morgan fingerprint density at radius 1 is 1.29 bits per heavy atom. The number of benzene rings is 1. The maximum atomic E-state index is 12.4. The number of aryl methyl sites for hydroxylation is 1. The summed E-state index contributed by atoms with van der Waals surface area (Å²) >= 11 is 0. The van der Waals surface area contributed by atoms with Gasteiger partial charge in [-0.05, 0) is 26.0 Å². The predicted molar refractivity (Wildman–Crippen MR) is 88.7 cm³/mol. The molecule has 0 N–H and O–H groups in total. The van der Waals surface area contributed by atoms with Crippen LogP contribution in [-0.2, 0) is 11.3 Å². The van der Waals surface area contributed by atoms with Crippen LogP contribution >= 0.6 is 0 Å².